The van der Waals surface area contributed by atoms with Crippen LogP contribution in [0, 0.1) is 5.92 Å². The zero-order valence-corrected chi connectivity index (χ0v) is 33.3. The fraction of sp³-hybridized carbons (Fsp3) is 0.884. The van der Waals surface area contributed by atoms with Crippen LogP contribution in [0.15, 0.2) is 0 Å². The van der Waals surface area contributed by atoms with Crippen molar-refractivity contribution in [3.63, 3.8) is 0 Å². The van der Waals surface area contributed by atoms with Crippen LogP contribution < -0.4 is 10.6 Å². The van der Waals surface area contributed by atoms with E-state index >= 15 is 0 Å². The van der Waals surface area contributed by atoms with Crippen LogP contribution >= 0.6 is 0 Å². The maximum Gasteiger partial charge on any atom is 0.326 e. The summed E-state index contributed by atoms with van der Waals surface area (Å²) in [6.45, 7) is 4.73. The zero-order valence-electron chi connectivity index (χ0n) is 33.3. The summed E-state index contributed by atoms with van der Waals surface area (Å²) in [4.78, 5) is 60.6. The van der Waals surface area contributed by atoms with E-state index in [9.17, 15) is 29.1 Å². The third kappa shape index (κ3) is 33.3. The van der Waals surface area contributed by atoms with Gasteiger partial charge in [-0.2, -0.15) is 0 Å². The summed E-state index contributed by atoms with van der Waals surface area (Å²) in [6.07, 6.45) is 36.1. The molecule has 0 aliphatic heterocycles. The summed E-state index contributed by atoms with van der Waals surface area (Å²) in [5, 5.41) is 14.9. The molecule has 0 saturated carbocycles. The Hall–Kier alpha value is -2.25. The molecule has 0 fully saturated rings. The van der Waals surface area contributed by atoms with E-state index in [1.54, 1.807) is 0 Å². The lowest BCUT2D eigenvalue weighted by atomic mass is 9.96. The van der Waals surface area contributed by atoms with Crippen molar-refractivity contribution >= 4 is 29.9 Å². The number of hydrogen-bond donors (Lipinski definition) is 3. The number of nitrogens with one attached hydrogen (secondary N) is 2. The molecule has 0 rings (SSSR count). The lowest BCUT2D eigenvalue weighted by molar-refractivity contribution is -0.142. The van der Waals surface area contributed by atoms with Crippen molar-refractivity contribution in [1.82, 2.24) is 10.6 Å². The van der Waals surface area contributed by atoms with Crippen molar-refractivity contribution in [2.75, 3.05) is 6.54 Å². The Kier molecular flexibility index (Phi) is 35.9. The van der Waals surface area contributed by atoms with E-state index < -0.39 is 17.9 Å². The van der Waals surface area contributed by atoms with Crippen LogP contribution in [0.5, 0.6) is 0 Å². The molecule has 0 aliphatic rings. The molecule has 2 amide bonds. The van der Waals surface area contributed by atoms with E-state index in [1.807, 2.05) is 0 Å². The summed E-state index contributed by atoms with van der Waals surface area (Å²) < 4.78 is 0. The third-order valence-electron chi connectivity index (χ3n) is 10.2. The third-order valence-corrected chi connectivity index (χ3v) is 10.2. The van der Waals surface area contributed by atoms with Crippen molar-refractivity contribution in [3.05, 3.63) is 0 Å². The molecule has 2 atom stereocenters. The Balaban J connectivity index is 3.91. The highest BCUT2D eigenvalue weighted by Gasteiger charge is 2.24. The van der Waals surface area contributed by atoms with E-state index in [0.717, 1.165) is 32.1 Å². The Morgan fingerprint density at radius 1 is 0.490 bits per heavy atom. The fourth-order valence-corrected chi connectivity index (χ4v) is 6.72. The van der Waals surface area contributed by atoms with Crippen molar-refractivity contribution in [3.8, 4) is 0 Å². The van der Waals surface area contributed by atoms with Crippen molar-refractivity contribution < 1.29 is 29.1 Å². The first-order valence-corrected chi connectivity index (χ1v) is 21.6. The largest absolute Gasteiger partial charge is 0.480 e. The number of hydrogen-bond acceptors (Lipinski definition) is 5. The number of carbonyl (C=O) groups is 5. The van der Waals surface area contributed by atoms with Crippen LogP contribution in [0.2, 0.25) is 0 Å². The molecule has 1 unspecified atom stereocenters. The Labute approximate surface area is 313 Å². The SMILES string of the molecule is CCCCCCCCCCCCCCCCCC(=O)N[C@@H](CCC(=O)C(C=O)CCNC(=O)CCCCCCCCCCCCCCC)C(=O)O. The van der Waals surface area contributed by atoms with Gasteiger partial charge in [-0.15, -0.1) is 0 Å². The van der Waals surface area contributed by atoms with E-state index in [1.165, 1.54) is 141 Å². The summed E-state index contributed by atoms with van der Waals surface area (Å²) in [7, 11) is 0. The number of amides is 2. The van der Waals surface area contributed by atoms with Crippen molar-refractivity contribution in [1.29, 1.82) is 0 Å². The van der Waals surface area contributed by atoms with Gasteiger partial charge < -0.3 is 20.5 Å². The smallest absolute Gasteiger partial charge is 0.326 e. The molecule has 8 heteroatoms. The normalized spacial score (nSPS) is 12.4. The molecule has 0 aromatic rings. The Morgan fingerprint density at radius 2 is 0.843 bits per heavy atom. The second kappa shape index (κ2) is 37.5. The summed E-state index contributed by atoms with van der Waals surface area (Å²) >= 11 is 0. The number of ketones is 1. The monoisotopic (exact) mass is 721 g/mol. The second-order valence-electron chi connectivity index (χ2n) is 15.0. The highest BCUT2D eigenvalue weighted by molar-refractivity contribution is 5.93. The standard InChI is InChI=1S/C43H80N2O6/c1-3-5-7-9-11-13-15-17-18-20-22-24-26-28-30-32-42(49)45-39(43(50)51)33-34-40(47)38(37-46)35-36-44-41(48)31-29-27-25-23-21-19-16-14-12-10-8-6-4-2/h37-39H,3-36H2,1-2H3,(H,44,48)(H,45,49)(H,50,51)/t38?,39-/m0/s1. The molecule has 0 bridgehead atoms. The first kappa shape index (κ1) is 48.8. The first-order chi connectivity index (χ1) is 24.8. The van der Waals surface area contributed by atoms with Gasteiger partial charge in [-0.05, 0) is 25.7 Å². The van der Waals surface area contributed by atoms with Crippen molar-refractivity contribution in [2.45, 2.75) is 232 Å². The minimum atomic E-state index is -1.18. The van der Waals surface area contributed by atoms with Crippen LogP contribution in [-0.4, -0.2) is 47.5 Å². The Morgan fingerprint density at radius 3 is 1.20 bits per heavy atom. The quantitative estimate of drug-likeness (QED) is 0.0328. The topological polar surface area (TPSA) is 130 Å². The van der Waals surface area contributed by atoms with Gasteiger partial charge in [-0.25, -0.2) is 4.79 Å². The number of unbranched alkanes of at least 4 members (excludes halogenated alkanes) is 26. The molecular formula is C43H80N2O6. The zero-order chi connectivity index (χ0) is 37.6. The van der Waals surface area contributed by atoms with Gasteiger partial charge in [-0.3, -0.25) is 14.4 Å². The molecule has 8 nitrogen and oxygen atoms in total. The average Bonchev–Trinajstić information content (AvgIpc) is 3.11. The number of rotatable bonds is 40. The van der Waals surface area contributed by atoms with E-state index in [2.05, 4.69) is 24.5 Å². The molecule has 3 N–H and O–H groups in total. The molecule has 298 valence electrons. The molecule has 0 radical (unpaired) electrons. The van der Waals surface area contributed by atoms with Gasteiger partial charge in [-0.1, -0.05) is 181 Å². The molecule has 51 heavy (non-hydrogen) atoms. The first-order valence-electron chi connectivity index (χ1n) is 21.6. The van der Waals surface area contributed by atoms with E-state index in [-0.39, 0.29) is 49.8 Å². The highest BCUT2D eigenvalue weighted by atomic mass is 16.4. The summed E-state index contributed by atoms with van der Waals surface area (Å²) in [6, 6.07) is -1.16. The van der Waals surface area contributed by atoms with Gasteiger partial charge >= 0.3 is 5.97 Å². The van der Waals surface area contributed by atoms with Crippen LogP contribution in [0.4, 0.5) is 0 Å². The number of aliphatic carboxylic acids is 1. The van der Waals surface area contributed by atoms with Crippen LogP contribution in [0.1, 0.15) is 226 Å². The lowest BCUT2D eigenvalue weighted by Crippen LogP contribution is -2.41. The van der Waals surface area contributed by atoms with Gasteiger partial charge in [0.2, 0.25) is 11.8 Å². The van der Waals surface area contributed by atoms with E-state index in [4.69, 9.17) is 0 Å². The molecule has 0 aromatic heterocycles. The maximum atomic E-state index is 12.7. The summed E-state index contributed by atoms with van der Waals surface area (Å²) in [5.74, 6) is -2.83. The van der Waals surface area contributed by atoms with Gasteiger partial charge in [0, 0.05) is 25.8 Å². The van der Waals surface area contributed by atoms with E-state index in [0.29, 0.717) is 19.1 Å². The maximum absolute atomic E-state index is 12.7. The van der Waals surface area contributed by atoms with Gasteiger partial charge in [0.15, 0.2) is 0 Å². The van der Waals surface area contributed by atoms with Crippen LogP contribution in [0.3, 0.4) is 0 Å². The molecule has 0 saturated heterocycles. The number of aldehydes is 1. The van der Waals surface area contributed by atoms with Crippen LogP contribution in [0.25, 0.3) is 0 Å². The van der Waals surface area contributed by atoms with Gasteiger partial charge in [0.1, 0.15) is 18.1 Å². The molecule has 0 aliphatic carbocycles. The predicted molar refractivity (Wildman–Crippen MR) is 211 cm³/mol. The van der Waals surface area contributed by atoms with Crippen molar-refractivity contribution in [2.24, 2.45) is 5.92 Å². The summed E-state index contributed by atoms with van der Waals surface area (Å²) in [5.41, 5.74) is 0. The lowest BCUT2D eigenvalue weighted by Gasteiger charge is -2.16. The predicted octanol–water partition coefficient (Wildman–Crippen LogP) is 11.0. The number of carbonyl (C=O) groups excluding carboxylic acids is 4. The van der Waals surface area contributed by atoms with Gasteiger partial charge in [0.25, 0.3) is 0 Å². The molecule has 0 heterocycles. The number of Topliss-reactive ketones (excluding diaryl/α,β-unsaturated/α-hetero) is 1. The Bertz CT molecular complexity index is 863. The fourth-order valence-electron chi connectivity index (χ4n) is 6.72. The average molecular weight is 721 g/mol. The molecular weight excluding hydrogens is 640 g/mol. The number of carboxylic acid groups (broad SMARTS) is 1. The van der Waals surface area contributed by atoms with Crippen LogP contribution in [-0.2, 0) is 24.0 Å². The molecule has 0 spiro atoms. The minimum Gasteiger partial charge on any atom is -0.480 e. The molecule has 0 aromatic carbocycles. The minimum absolute atomic E-state index is 0.0610. The second-order valence-corrected chi connectivity index (χ2v) is 15.0. The van der Waals surface area contributed by atoms with Gasteiger partial charge in [0.05, 0.1) is 5.92 Å². The highest BCUT2D eigenvalue weighted by Crippen LogP contribution is 2.15. The number of carboxylic acids is 1.